The van der Waals surface area contributed by atoms with E-state index in [-0.39, 0.29) is 0 Å². The van der Waals surface area contributed by atoms with Gasteiger partial charge in [0.15, 0.2) is 0 Å². The molecule has 0 bridgehead atoms. The normalized spacial score (nSPS) is 10.1. The first-order valence-electron chi connectivity index (χ1n) is 5.46. The molecule has 0 spiro atoms. The third-order valence-corrected chi connectivity index (χ3v) is 2.48. The maximum Gasteiger partial charge on any atom is 0.258 e. The highest BCUT2D eigenvalue weighted by Crippen LogP contribution is 2.21. The second-order valence-electron chi connectivity index (χ2n) is 3.74. The summed E-state index contributed by atoms with van der Waals surface area (Å²) in [6, 6.07) is 9.05. The van der Waals surface area contributed by atoms with Gasteiger partial charge in [0.2, 0.25) is 5.82 Å². The van der Waals surface area contributed by atoms with Gasteiger partial charge in [-0.1, -0.05) is 11.2 Å². The van der Waals surface area contributed by atoms with Crippen molar-refractivity contribution in [1.29, 1.82) is 5.26 Å². The topological polar surface area (TPSA) is 88.5 Å². The number of benzene rings is 1. The summed E-state index contributed by atoms with van der Waals surface area (Å²) in [5, 5.41) is 12.7. The summed E-state index contributed by atoms with van der Waals surface area (Å²) >= 11 is 0. The van der Waals surface area contributed by atoms with Crippen LogP contribution in [0.2, 0.25) is 0 Å². The Morgan fingerprint density at radius 1 is 1.11 bits per heavy atom. The van der Waals surface area contributed by atoms with E-state index in [9.17, 15) is 0 Å². The Balaban J connectivity index is 2.00. The van der Waals surface area contributed by atoms with Crippen molar-refractivity contribution in [3.8, 4) is 28.9 Å². The Bertz CT molecular complexity index is 745. The van der Waals surface area contributed by atoms with Gasteiger partial charge in [-0.05, 0) is 18.2 Å². The van der Waals surface area contributed by atoms with Crippen molar-refractivity contribution in [1.82, 2.24) is 20.1 Å². The number of nitrogens with zero attached hydrogens (tertiary/aromatic N) is 5. The number of rotatable bonds is 2. The van der Waals surface area contributed by atoms with Crippen molar-refractivity contribution in [3.05, 3.63) is 48.5 Å². The lowest BCUT2D eigenvalue weighted by molar-refractivity contribution is 0.432. The van der Waals surface area contributed by atoms with Crippen molar-refractivity contribution in [3.63, 3.8) is 0 Å². The van der Waals surface area contributed by atoms with Crippen molar-refractivity contribution in [2.45, 2.75) is 0 Å². The standard InChI is InChI=1S/C13H7N5O/c14-5-9-2-1-3-10(4-9)13-17-12(18-19-13)11-6-15-8-16-7-11/h1-4,6-8H. The van der Waals surface area contributed by atoms with Gasteiger partial charge in [0.25, 0.3) is 5.89 Å². The van der Waals surface area contributed by atoms with Gasteiger partial charge in [-0.2, -0.15) is 10.2 Å². The fourth-order valence-electron chi connectivity index (χ4n) is 1.59. The SMILES string of the molecule is N#Cc1cccc(-c2nc(-c3cncnc3)no2)c1. The van der Waals surface area contributed by atoms with Gasteiger partial charge >= 0.3 is 0 Å². The highest BCUT2D eigenvalue weighted by Gasteiger charge is 2.11. The van der Waals surface area contributed by atoms with Gasteiger partial charge in [-0.15, -0.1) is 0 Å². The summed E-state index contributed by atoms with van der Waals surface area (Å²) < 4.78 is 5.18. The van der Waals surface area contributed by atoms with E-state index in [1.807, 2.05) is 0 Å². The summed E-state index contributed by atoms with van der Waals surface area (Å²) in [6.07, 6.45) is 4.64. The lowest BCUT2D eigenvalue weighted by Crippen LogP contribution is -1.84. The first-order chi connectivity index (χ1) is 9.36. The number of nitriles is 1. The zero-order chi connectivity index (χ0) is 13.1. The van der Waals surface area contributed by atoms with Crippen LogP contribution in [0.4, 0.5) is 0 Å². The predicted octanol–water partition coefficient (Wildman–Crippen LogP) is 2.07. The minimum Gasteiger partial charge on any atom is -0.334 e. The maximum atomic E-state index is 8.86. The van der Waals surface area contributed by atoms with Gasteiger partial charge in [-0.25, -0.2) is 9.97 Å². The smallest absolute Gasteiger partial charge is 0.258 e. The van der Waals surface area contributed by atoms with Crippen LogP contribution in [-0.2, 0) is 0 Å². The number of aromatic nitrogens is 4. The molecule has 0 saturated heterocycles. The van der Waals surface area contributed by atoms with E-state index in [2.05, 4.69) is 26.2 Å². The van der Waals surface area contributed by atoms with Crippen LogP contribution in [0.5, 0.6) is 0 Å². The van der Waals surface area contributed by atoms with E-state index in [0.717, 1.165) is 0 Å². The van der Waals surface area contributed by atoms with E-state index < -0.39 is 0 Å². The highest BCUT2D eigenvalue weighted by molar-refractivity contribution is 5.59. The Morgan fingerprint density at radius 2 is 1.95 bits per heavy atom. The molecule has 6 heteroatoms. The molecule has 0 unspecified atom stereocenters. The van der Waals surface area contributed by atoms with Gasteiger partial charge in [0, 0.05) is 18.0 Å². The summed E-state index contributed by atoms with van der Waals surface area (Å²) in [7, 11) is 0. The largest absolute Gasteiger partial charge is 0.334 e. The molecule has 2 aromatic heterocycles. The van der Waals surface area contributed by atoms with Crippen LogP contribution in [0, 0.1) is 11.3 Å². The van der Waals surface area contributed by atoms with Crippen molar-refractivity contribution in [2.24, 2.45) is 0 Å². The molecule has 0 aliphatic rings. The first kappa shape index (κ1) is 11.0. The average molecular weight is 249 g/mol. The molecule has 0 N–H and O–H groups in total. The lowest BCUT2D eigenvalue weighted by atomic mass is 10.1. The molecule has 90 valence electrons. The molecule has 0 saturated carbocycles. The van der Waals surface area contributed by atoms with Crippen LogP contribution >= 0.6 is 0 Å². The van der Waals surface area contributed by atoms with Gasteiger partial charge in [0.05, 0.1) is 17.2 Å². The molecule has 19 heavy (non-hydrogen) atoms. The maximum absolute atomic E-state index is 8.86. The van der Waals surface area contributed by atoms with Crippen LogP contribution in [-0.4, -0.2) is 20.1 Å². The first-order valence-corrected chi connectivity index (χ1v) is 5.46. The van der Waals surface area contributed by atoms with E-state index in [1.165, 1.54) is 6.33 Å². The summed E-state index contributed by atoms with van der Waals surface area (Å²) in [4.78, 5) is 12.0. The number of hydrogen-bond donors (Lipinski definition) is 0. The highest BCUT2D eigenvalue weighted by atomic mass is 16.5. The monoisotopic (exact) mass is 249 g/mol. The molecule has 0 fully saturated rings. The molecule has 0 atom stereocenters. The summed E-state index contributed by atoms with van der Waals surface area (Å²) in [5.41, 5.74) is 1.92. The van der Waals surface area contributed by atoms with Gasteiger partial charge < -0.3 is 4.52 Å². The summed E-state index contributed by atoms with van der Waals surface area (Å²) in [6.45, 7) is 0. The van der Waals surface area contributed by atoms with Gasteiger partial charge in [0.1, 0.15) is 6.33 Å². The Hall–Kier alpha value is -3.07. The van der Waals surface area contributed by atoms with Crippen LogP contribution in [0.25, 0.3) is 22.8 Å². The van der Waals surface area contributed by atoms with Crippen molar-refractivity contribution in [2.75, 3.05) is 0 Å². The quantitative estimate of drug-likeness (QED) is 0.690. The van der Waals surface area contributed by atoms with E-state index in [0.29, 0.717) is 28.4 Å². The fraction of sp³-hybridized carbons (Fsp3) is 0. The molecule has 2 heterocycles. The molecule has 0 amide bonds. The molecule has 0 aliphatic carbocycles. The second-order valence-corrected chi connectivity index (χ2v) is 3.74. The molecule has 6 nitrogen and oxygen atoms in total. The summed E-state index contributed by atoms with van der Waals surface area (Å²) in [5.74, 6) is 0.772. The van der Waals surface area contributed by atoms with Crippen molar-refractivity contribution < 1.29 is 4.52 Å². The van der Waals surface area contributed by atoms with E-state index in [4.69, 9.17) is 9.78 Å². The van der Waals surface area contributed by atoms with Crippen LogP contribution in [0.1, 0.15) is 5.56 Å². The van der Waals surface area contributed by atoms with Crippen molar-refractivity contribution >= 4 is 0 Å². The number of hydrogen-bond acceptors (Lipinski definition) is 6. The molecule has 0 aliphatic heterocycles. The molecule has 3 aromatic rings. The van der Waals surface area contributed by atoms with E-state index >= 15 is 0 Å². The Labute approximate surface area is 108 Å². The molecule has 1 aromatic carbocycles. The third-order valence-electron chi connectivity index (χ3n) is 2.48. The van der Waals surface area contributed by atoms with Crippen LogP contribution in [0.15, 0.2) is 47.5 Å². The minimum absolute atomic E-state index is 0.357. The third kappa shape index (κ3) is 2.17. The molecule has 0 radical (unpaired) electrons. The molecule has 3 rings (SSSR count). The molecular weight excluding hydrogens is 242 g/mol. The van der Waals surface area contributed by atoms with E-state index in [1.54, 1.807) is 36.7 Å². The van der Waals surface area contributed by atoms with Gasteiger partial charge in [-0.3, -0.25) is 0 Å². The predicted molar refractivity (Wildman–Crippen MR) is 65.5 cm³/mol. The zero-order valence-electron chi connectivity index (χ0n) is 9.69. The Morgan fingerprint density at radius 3 is 2.74 bits per heavy atom. The zero-order valence-corrected chi connectivity index (χ0v) is 9.69. The van der Waals surface area contributed by atoms with Crippen LogP contribution < -0.4 is 0 Å². The Kier molecular flexibility index (Phi) is 2.71. The molecular formula is C13H7N5O. The lowest BCUT2D eigenvalue weighted by Gasteiger charge is -1.93. The average Bonchev–Trinajstić information content (AvgIpc) is 2.98. The second kappa shape index (κ2) is 4.66. The van der Waals surface area contributed by atoms with Crippen LogP contribution in [0.3, 0.4) is 0 Å². The fourth-order valence-corrected chi connectivity index (χ4v) is 1.59. The minimum atomic E-state index is 0.357.